The Bertz CT molecular complexity index is 1250. The van der Waals surface area contributed by atoms with E-state index in [2.05, 4.69) is 5.32 Å². The number of methoxy groups -OCH3 is 1. The van der Waals surface area contributed by atoms with Crippen molar-refractivity contribution < 1.29 is 19.0 Å². The molecule has 0 amide bonds. The average molecular weight is 416 g/mol. The smallest absolute Gasteiger partial charge is 0.231 e. The standard InChI is InChI=1S/C23H20N4O4/c1-29-17-8-3-2-5-14(17)22-25-23-24-15-6-4-7-16(28)20(15)21(27(23)26-22)13-9-10-18-19(11-13)31-12-30-18/h2-3,5,8-11,21H,4,6-7,12H2,1H3,(H,24,25,26). The van der Waals surface area contributed by atoms with Crippen molar-refractivity contribution in [3.63, 3.8) is 0 Å². The van der Waals surface area contributed by atoms with E-state index in [1.165, 1.54) is 0 Å². The number of ether oxygens (including phenoxy) is 3. The monoisotopic (exact) mass is 416 g/mol. The van der Waals surface area contributed by atoms with Crippen LogP contribution in [0.5, 0.6) is 17.2 Å². The van der Waals surface area contributed by atoms with Gasteiger partial charge in [0, 0.05) is 17.7 Å². The number of para-hydroxylation sites is 1. The molecule has 31 heavy (non-hydrogen) atoms. The first-order chi connectivity index (χ1) is 15.2. The maximum absolute atomic E-state index is 13.0. The number of aromatic nitrogens is 3. The van der Waals surface area contributed by atoms with Crippen molar-refractivity contribution in [2.45, 2.75) is 25.3 Å². The molecule has 8 heteroatoms. The summed E-state index contributed by atoms with van der Waals surface area (Å²) in [4.78, 5) is 17.8. The van der Waals surface area contributed by atoms with E-state index in [-0.39, 0.29) is 18.6 Å². The van der Waals surface area contributed by atoms with Crippen LogP contribution in [-0.2, 0) is 4.79 Å². The van der Waals surface area contributed by atoms with Gasteiger partial charge in [-0.2, -0.15) is 4.98 Å². The summed E-state index contributed by atoms with van der Waals surface area (Å²) in [5.41, 5.74) is 3.37. The minimum absolute atomic E-state index is 0.136. The van der Waals surface area contributed by atoms with Crippen molar-refractivity contribution in [1.29, 1.82) is 0 Å². The molecule has 0 radical (unpaired) electrons. The summed E-state index contributed by atoms with van der Waals surface area (Å²) in [5, 5.41) is 8.17. The van der Waals surface area contributed by atoms with Gasteiger partial charge < -0.3 is 19.5 Å². The first-order valence-corrected chi connectivity index (χ1v) is 10.3. The molecule has 2 aromatic carbocycles. The first kappa shape index (κ1) is 18.0. The van der Waals surface area contributed by atoms with E-state index in [0.717, 1.165) is 35.2 Å². The number of rotatable bonds is 3. The number of nitrogens with one attached hydrogen (secondary N) is 1. The molecule has 156 valence electrons. The Kier molecular flexibility index (Phi) is 3.99. The van der Waals surface area contributed by atoms with Crippen LogP contribution in [0.4, 0.5) is 5.95 Å². The summed E-state index contributed by atoms with van der Waals surface area (Å²) >= 11 is 0. The Balaban J connectivity index is 1.53. The lowest BCUT2D eigenvalue weighted by Gasteiger charge is -2.32. The van der Waals surface area contributed by atoms with Gasteiger partial charge in [0.15, 0.2) is 23.1 Å². The molecule has 3 aliphatic rings. The number of Topliss-reactive ketones (excluding diaryl/α,β-unsaturated/α-hetero) is 1. The fraction of sp³-hybridized carbons (Fsp3) is 0.261. The van der Waals surface area contributed by atoms with E-state index in [1.54, 1.807) is 11.8 Å². The van der Waals surface area contributed by atoms with Crippen LogP contribution in [0, 0.1) is 0 Å². The Labute approximate surface area is 178 Å². The van der Waals surface area contributed by atoms with Gasteiger partial charge in [-0.25, -0.2) is 4.68 Å². The van der Waals surface area contributed by atoms with Crippen molar-refractivity contribution in [1.82, 2.24) is 14.8 Å². The molecule has 1 unspecified atom stereocenters. The van der Waals surface area contributed by atoms with Crippen molar-refractivity contribution in [2.75, 3.05) is 19.2 Å². The Morgan fingerprint density at radius 3 is 2.90 bits per heavy atom. The predicted octanol–water partition coefficient (Wildman–Crippen LogP) is 3.70. The second-order valence-corrected chi connectivity index (χ2v) is 7.71. The predicted molar refractivity (Wildman–Crippen MR) is 112 cm³/mol. The van der Waals surface area contributed by atoms with Gasteiger partial charge in [-0.1, -0.05) is 18.2 Å². The molecule has 1 aliphatic carbocycles. The SMILES string of the molecule is COc1ccccc1-c1nc2n(n1)C(c1ccc3c(c1)OCO3)C1=C(CCCC1=O)N2. The van der Waals surface area contributed by atoms with Gasteiger partial charge in [-0.3, -0.25) is 4.79 Å². The van der Waals surface area contributed by atoms with Crippen LogP contribution in [0.15, 0.2) is 53.7 Å². The molecule has 0 saturated heterocycles. The molecule has 6 rings (SSSR count). The van der Waals surface area contributed by atoms with Gasteiger partial charge in [-0.05, 0) is 42.7 Å². The van der Waals surface area contributed by atoms with Crippen LogP contribution in [0.1, 0.15) is 30.9 Å². The van der Waals surface area contributed by atoms with Crippen LogP contribution < -0.4 is 19.5 Å². The number of carbonyl (C=O) groups is 1. The molecule has 2 aliphatic heterocycles. The fourth-order valence-electron chi connectivity index (χ4n) is 4.49. The highest BCUT2D eigenvalue weighted by atomic mass is 16.7. The number of anilines is 1. The second kappa shape index (κ2) is 6.87. The van der Waals surface area contributed by atoms with Crippen molar-refractivity contribution >= 4 is 11.7 Å². The summed E-state index contributed by atoms with van der Waals surface area (Å²) in [6.07, 6.45) is 2.16. The lowest BCUT2D eigenvalue weighted by molar-refractivity contribution is -0.116. The third kappa shape index (κ3) is 2.78. The number of nitrogens with zero attached hydrogens (tertiary/aromatic N) is 3. The molecule has 1 atom stereocenters. The highest BCUT2D eigenvalue weighted by molar-refractivity contribution is 5.99. The maximum atomic E-state index is 13.0. The van der Waals surface area contributed by atoms with Gasteiger partial charge >= 0.3 is 0 Å². The summed E-state index contributed by atoms with van der Waals surface area (Å²) < 4.78 is 18.3. The molecule has 3 heterocycles. The lowest BCUT2D eigenvalue weighted by Crippen LogP contribution is -2.31. The topological polar surface area (TPSA) is 87.5 Å². The number of hydrogen-bond donors (Lipinski definition) is 1. The van der Waals surface area contributed by atoms with E-state index in [4.69, 9.17) is 24.3 Å². The molecule has 0 saturated carbocycles. The van der Waals surface area contributed by atoms with Gasteiger partial charge in [0.1, 0.15) is 11.8 Å². The minimum Gasteiger partial charge on any atom is -0.496 e. The van der Waals surface area contributed by atoms with Crippen molar-refractivity contribution in [3.05, 3.63) is 59.3 Å². The lowest BCUT2D eigenvalue weighted by atomic mass is 9.85. The fourth-order valence-corrected chi connectivity index (χ4v) is 4.49. The Hall–Kier alpha value is -3.81. The van der Waals surface area contributed by atoms with E-state index in [9.17, 15) is 4.79 Å². The molecule has 1 N–H and O–H groups in total. The van der Waals surface area contributed by atoms with E-state index >= 15 is 0 Å². The molecule has 8 nitrogen and oxygen atoms in total. The van der Waals surface area contributed by atoms with E-state index in [1.807, 2.05) is 42.5 Å². The highest BCUT2D eigenvalue weighted by Gasteiger charge is 2.37. The molecular formula is C23H20N4O4. The van der Waals surface area contributed by atoms with Crippen molar-refractivity contribution in [3.8, 4) is 28.6 Å². The average Bonchev–Trinajstić information content (AvgIpc) is 3.44. The summed E-state index contributed by atoms with van der Waals surface area (Å²) in [6, 6.07) is 13.0. The molecule has 3 aromatic rings. The minimum atomic E-state index is -0.385. The molecule has 0 bridgehead atoms. The number of hydrogen-bond acceptors (Lipinski definition) is 7. The van der Waals surface area contributed by atoms with Crippen LogP contribution in [-0.4, -0.2) is 34.5 Å². The number of allylic oxidation sites excluding steroid dienone is 2. The zero-order valence-corrected chi connectivity index (χ0v) is 16.9. The highest BCUT2D eigenvalue weighted by Crippen LogP contribution is 2.43. The van der Waals surface area contributed by atoms with E-state index in [0.29, 0.717) is 35.4 Å². The molecular weight excluding hydrogens is 396 g/mol. The molecule has 0 fully saturated rings. The third-order valence-electron chi connectivity index (χ3n) is 5.93. The van der Waals surface area contributed by atoms with Crippen LogP contribution in [0.3, 0.4) is 0 Å². The maximum Gasteiger partial charge on any atom is 0.231 e. The summed E-state index contributed by atoms with van der Waals surface area (Å²) in [7, 11) is 1.63. The molecule has 1 aromatic heterocycles. The van der Waals surface area contributed by atoms with Crippen LogP contribution in [0.25, 0.3) is 11.4 Å². The zero-order chi connectivity index (χ0) is 20.9. The Morgan fingerprint density at radius 2 is 2.00 bits per heavy atom. The molecule has 0 spiro atoms. The van der Waals surface area contributed by atoms with Gasteiger partial charge in [0.25, 0.3) is 0 Å². The number of carbonyl (C=O) groups excluding carboxylic acids is 1. The Morgan fingerprint density at radius 1 is 1.13 bits per heavy atom. The van der Waals surface area contributed by atoms with Gasteiger partial charge in [-0.15, -0.1) is 5.10 Å². The van der Waals surface area contributed by atoms with Gasteiger partial charge in [0.05, 0.1) is 12.7 Å². The third-order valence-corrected chi connectivity index (χ3v) is 5.93. The van der Waals surface area contributed by atoms with Crippen LogP contribution in [0.2, 0.25) is 0 Å². The van der Waals surface area contributed by atoms with Crippen LogP contribution >= 0.6 is 0 Å². The zero-order valence-electron chi connectivity index (χ0n) is 16.9. The van der Waals surface area contributed by atoms with Crippen molar-refractivity contribution in [2.24, 2.45) is 0 Å². The summed E-state index contributed by atoms with van der Waals surface area (Å²) in [6.45, 7) is 0.199. The first-order valence-electron chi connectivity index (χ1n) is 10.3. The quantitative estimate of drug-likeness (QED) is 0.696. The largest absolute Gasteiger partial charge is 0.496 e. The van der Waals surface area contributed by atoms with Gasteiger partial charge in [0.2, 0.25) is 12.7 Å². The number of fused-ring (bicyclic) bond motifs is 2. The number of ketones is 1. The number of benzene rings is 2. The second-order valence-electron chi connectivity index (χ2n) is 7.71. The van der Waals surface area contributed by atoms with E-state index < -0.39 is 0 Å². The summed E-state index contributed by atoms with van der Waals surface area (Å²) in [5.74, 6) is 3.36. The normalized spacial score (nSPS) is 19.0.